The minimum absolute atomic E-state index is 0.283. The minimum atomic E-state index is -0.427. The number of nitrogens with one attached hydrogen (secondary N) is 1. The molecule has 6 nitrogen and oxygen atoms in total. The lowest BCUT2D eigenvalue weighted by molar-refractivity contribution is 0.0528. The lowest BCUT2D eigenvalue weighted by Gasteiger charge is -2.08. The summed E-state index contributed by atoms with van der Waals surface area (Å²) in [5.41, 5.74) is 1.67. The zero-order valence-corrected chi connectivity index (χ0v) is 15.4. The quantitative estimate of drug-likeness (QED) is 0.668. The number of carbonyl (C=O) groups is 2. The van der Waals surface area contributed by atoms with E-state index >= 15 is 0 Å². The number of rotatable bonds is 6. The molecule has 134 valence electrons. The maximum absolute atomic E-state index is 12.7. The number of hydrogen-bond donors (Lipinski definition) is 1. The van der Waals surface area contributed by atoms with Gasteiger partial charge in [0.2, 0.25) is 0 Å². The third-order valence-electron chi connectivity index (χ3n) is 3.73. The number of aryl methyl sites for hydroxylation is 1. The molecule has 0 radical (unpaired) electrons. The van der Waals surface area contributed by atoms with Gasteiger partial charge in [-0.2, -0.15) is 5.10 Å². The van der Waals surface area contributed by atoms with E-state index in [0.29, 0.717) is 16.1 Å². The van der Waals surface area contributed by atoms with Crippen molar-refractivity contribution >= 4 is 28.2 Å². The summed E-state index contributed by atoms with van der Waals surface area (Å²) >= 11 is 1.39. The molecule has 2 heterocycles. The van der Waals surface area contributed by atoms with E-state index in [1.54, 1.807) is 42.1 Å². The summed E-state index contributed by atoms with van der Waals surface area (Å²) in [4.78, 5) is 25.8. The van der Waals surface area contributed by atoms with Crippen molar-refractivity contribution in [3.63, 3.8) is 0 Å². The van der Waals surface area contributed by atoms with E-state index < -0.39 is 5.97 Å². The SMILES string of the molecule is CCOC(=O)c1cc(CC)sc1NC(=O)c1cccc(-n2cccn2)c1. The molecule has 0 saturated heterocycles. The van der Waals surface area contributed by atoms with Crippen LogP contribution in [0.25, 0.3) is 5.69 Å². The van der Waals surface area contributed by atoms with Gasteiger partial charge >= 0.3 is 5.97 Å². The minimum Gasteiger partial charge on any atom is -0.462 e. The van der Waals surface area contributed by atoms with Crippen molar-refractivity contribution in [2.24, 2.45) is 0 Å². The van der Waals surface area contributed by atoms with Gasteiger partial charge in [0, 0.05) is 22.8 Å². The Balaban J connectivity index is 1.85. The second-order valence-electron chi connectivity index (χ2n) is 5.48. The number of carbonyl (C=O) groups excluding carboxylic acids is 2. The largest absolute Gasteiger partial charge is 0.462 e. The number of nitrogens with zero attached hydrogens (tertiary/aromatic N) is 2. The summed E-state index contributed by atoms with van der Waals surface area (Å²) in [6.07, 6.45) is 4.26. The second-order valence-corrected chi connectivity index (χ2v) is 6.62. The first-order valence-electron chi connectivity index (χ1n) is 8.33. The summed E-state index contributed by atoms with van der Waals surface area (Å²) in [5.74, 6) is -0.710. The van der Waals surface area contributed by atoms with Gasteiger partial charge in [-0.05, 0) is 43.7 Å². The van der Waals surface area contributed by atoms with E-state index in [0.717, 1.165) is 17.0 Å². The molecule has 3 rings (SSSR count). The highest BCUT2D eigenvalue weighted by molar-refractivity contribution is 7.16. The summed E-state index contributed by atoms with van der Waals surface area (Å²) in [5, 5.41) is 7.52. The number of amides is 1. The Morgan fingerprint density at radius 3 is 2.77 bits per heavy atom. The van der Waals surface area contributed by atoms with Crippen LogP contribution >= 0.6 is 11.3 Å². The van der Waals surface area contributed by atoms with Gasteiger partial charge in [-0.3, -0.25) is 4.79 Å². The van der Waals surface area contributed by atoms with Gasteiger partial charge in [0.1, 0.15) is 5.00 Å². The van der Waals surface area contributed by atoms with Crippen LogP contribution in [0.5, 0.6) is 0 Å². The Bertz CT molecular complexity index is 916. The van der Waals surface area contributed by atoms with Crippen molar-refractivity contribution in [3.8, 4) is 5.69 Å². The van der Waals surface area contributed by atoms with E-state index in [2.05, 4.69) is 10.4 Å². The molecule has 1 amide bonds. The number of esters is 1. The fourth-order valence-electron chi connectivity index (χ4n) is 2.46. The van der Waals surface area contributed by atoms with Crippen molar-refractivity contribution in [1.29, 1.82) is 0 Å². The molecule has 1 aromatic carbocycles. The molecule has 0 aliphatic carbocycles. The van der Waals surface area contributed by atoms with E-state index in [9.17, 15) is 9.59 Å². The Morgan fingerprint density at radius 1 is 1.23 bits per heavy atom. The predicted molar refractivity (Wildman–Crippen MR) is 101 cm³/mol. The molecule has 26 heavy (non-hydrogen) atoms. The highest BCUT2D eigenvalue weighted by atomic mass is 32.1. The normalized spacial score (nSPS) is 10.5. The molecular formula is C19H19N3O3S. The first kappa shape index (κ1) is 17.9. The molecule has 1 N–H and O–H groups in total. The Labute approximate surface area is 155 Å². The van der Waals surface area contributed by atoms with Crippen LogP contribution in [0.2, 0.25) is 0 Å². The van der Waals surface area contributed by atoms with Gasteiger partial charge in [0.15, 0.2) is 0 Å². The third-order valence-corrected chi connectivity index (χ3v) is 4.93. The van der Waals surface area contributed by atoms with Crippen LogP contribution in [0.4, 0.5) is 5.00 Å². The van der Waals surface area contributed by atoms with Crippen LogP contribution in [-0.4, -0.2) is 28.3 Å². The summed E-state index contributed by atoms with van der Waals surface area (Å²) in [6, 6.07) is 10.7. The van der Waals surface area contributed by atoms with Crippen molar-refractivity contribution in [1.82, 2.24) is 9.78 Å². The van der Waals surface area contributed by atoms with Crippen LogP contribution in [0.3, 0.4) is 0 Å². The van der Waals surface area contributed by atoms with E-state index in [-0.39, 0.29) is 12.5 Å². The van der Waals surface area contributed by atoms with Gasteiger partial charge in [0.25, 0.3) is 5.91 Å². The average Bonchev–Trinajstić information content (AvgIpc) is 3.32. The van der Waals surface area contributed by atoms with Gasteiger partial charge < -0.3 is 10.1 Å². The van der Waals surface area contributed by atoms with Crippen molar-refractivity contribution < 1.29 is 14.3 Å². The molecule has 0 unspecified atom stereocenters. The first-order chi connectivity index (χ1) is 12.6. The second kappa shape index (κ2) is 7.97. The van der Waals surface area contributed by atoms with E-state index in [1.807, 2.05) is 25.3 Å². The Morgan fingerprint density at radius 2 is 2.08 bits per heavy atom. The molecule has 2 aromatic heterocycles. The van der Waals surface area contributed by atoms with E-state index in [1.165, 1.54) is 11.3 Å². The highest BCUT2D eigenvalue weighted by Crippen LogP contribution is 2.30. The number of anilines is 1. The summed E-state index contributed by atoms with van der Waals surface area (Å²) < 4.78 is 6.77. The van der Waals surface area contributed by atoms with Gasteiger partial charge in [-0.25, -0.2) is 9.48 Å². The molecule has 0 aliphatic heterocycles. The molecular weight excluding hydrogens is 350 g/mol. The molecule has 0 aliphatic rings. The van der Waals surface area contributed by atoms with Crippen LogP contribution < -0.4 is 5.32 Å². The fourth-order valence-corrected chi connectivity index (χ4v) is 3.44. The molecule has 0 bridgehead atoms. The number of hydrogen-bond acceptors (Lipinski definition) is 5. The van der Waals surface area contributed by atoms with Crippen molar-refractivity contribution in [2.75, 3.05) is 11.9 Å². The molecule has 3 aromatic rings. The standard InChI is InChI=1S/C19H19N3O3S/c1-3-15-12-16(19(24)25-4-2)18(26-15)21-17(23)13-7-5-8-14(11-13)22-10-6-9-20-22/h5-12H,3-4H2,1-2H3,(H,21,23). The predicted octanol–water partition coefficient (Wildman–Crippen LogP) is 3.93. The number of ether oxygens (including phenoxy) is 1. The van der Waals surface area contributed by atoms with Crippen LogP contribution in [0, 0.1) is 0 Å². The van der Waals surface area contributed by atoms with Crippen LogP contribution in [0.15, 0.2) is 48.8 Å². The summed E-state index contributed by atoms with van der Waals surface area (Å²) in [7, 11) is 0. The first-order valence-corrected chi connectivity index (χ1v) is 9.15. The van der Waals surface area contributed by atoms with Gasteiger partial charge in [0.05, 0.1) is 17.9 Å². The average molecular weight is 369 g/mol. The Hall–Kier alpha value is -2.93. The third kappa shape index (κ3) is 3.83. The molecule has 0 saturated carbocycles. The Kier molecular flexibility index (Phi) is 5.48. The molecule has 7 heteroatoms. The smallest absolute Gasteiger partial charge is 0.341 e. The van der Waals surface area contributed by atoms with Gasteiger partial charge in [-0.1, -0.05) is 13.0 Å². The topological polar surface area (TPSA) is 73.2 Å². The molecule has 0 fully saturated rings. The lowest BCUT2D eigenvalue weighted by atomic mass is 10.2. The zero-order chi connectivity index (χ0) is 18.5. The van der Waals surface area contributed by atoms with Crippen LogP contribution in [-0.2, 0) is 11.2 Å². The summed E-state index contributed by atoms with van der Waals surface area (Å²) in [6.45, 7) is 4.04. The molecule has 0 atom stereocenters. The molecule has 0 spiro atoms. The maximum Gasteiger partial charge on any atom is 0.341 e. The van der Waals surface area contributed by atoms with Crippen molar-refractivity contribution in [2.45, 2.75) is 20.3 Å². The number of aromatic nitrogens is 2. The van der Waals surface area contributed by atoms with Crippen LogP contribution in [0.1, 0.15) is 39.4 Å². The lowest BCUT2D eigenvalue weighted by Crippen LogP contribution is -2.14. The fraction of sp³-hybridized carbons (Fsp3) is 0.211. The van der Waals surface area contributed by atoms with E-state index in [4.69, 9.17) is 4.74 Å². The maximum atomic E-state index is 12.7. The number of benzene rings is 1. The number of thiophene rings is 1. The van der Waals surface area contributed by atoms with Crippen molar-refractivity contribution in [3.05, 3.63) is 64.8 Å². The zero-order valence-electron chi connectivity index (χ0n) is 14.6. The van der Waals surface area contributed by atoms with Gasteiger partial charge in [-0.15, -0.1) is 11.3 Å². The highest BCUT2D eigenvalue weighted by Gasteiger charge is 2.19. The monoisotopic (exact) mass is 369 g/mol.